The van der Waals surface area contributed by atoms with E-state index in [1.807, 2.05) is 68.0 Å². The lowest BCUT2D eigenvalue weighted by Gasteiger charge is -2.15. The molecule has 0 atom stereocenters. The zero-order chi connectivity index (χ0) is 13.9. The molecule has 0 spiro atoms. The van der Waals surface area contributed by atoms with Gasteiger partial charge in [0.1, 0.15) is 5.78 Å². The van der Waals surface area contributed by atoms with Gasteiger partial charge in [0, 0.05) is 18.0 Å². The Labute approximate surface area is 114 Å². The molecule has 0 radical (unpaired) electrons. The van der Waals surface area contributed by atoms with Crippen molar-refractivity contribution in [2.45, 2.75) is 33.6 Å². The number of hydrogen-bond acceptors (Lipinski definition) is 2. The fraction of sp³-hybridized carbons (Fsp3) is 0.375. The quantitative estimate of drug-likeness (QED) is 0.840. The van der Waals surface area contributed by atoms with E-state index in [1.54, 1.807) is 0 Å². The molecule has 0 aliphatic rings. The SMILES string of the molecule is CC(C)(C)C(=O)CCc1ccn(-c2ccccc2)n1. The lowest BCUT2D eigenvalue weighted by atomic mass is 9.88. The van der Waals surface area contributed by atoms with Gasteiger partial charge in [-0.3, -0.25) is 4.79 Å². The Balaban J connectivity index is 2.01. The highest BCUT2D eigenvalue weighted by molar-refractivity contribution is 5.83. The molecule has 1 heterocycles. The molecule has 3 nitrogen and oxygen atoms in total. The number of carbonyl (C=O) groups excluding carboxylic acids is 1. The van der Waals surface area contributed by atoms with E-state index in [0.717, 1.165) is 11.4 Å². The molecule has 0 aliphatic heterocycles. The van der Waals surface area contributed by atoms with Gasteiger partial charge < -0.3 is 0 Å². The molecular formula is C16H20N2O. The smallest absolute Gasteiger partial charge is 0.138 e. The molecule has 0 amide bonds. The van der Waals surface area contributed by atoms with Gasteiger partial charge in [-0.2, -0.15) is 5.10 Å². The Morgan fingerprint density at radius 1 is 1.16 bits per heavy atom. The van der Waals surface area contributed by atoms with Crippen molar-refractivity contribution in [3.8, 4) is 5.69 Å². The average Bonchev–Trinajstić information content (AvgIpc) is 2.84. The van der Waals surface area contributed by atoms with Crippen molar-refractivity contribution in [3.63, 3.8) is 0 Å². The first-order valence-electron chi connectivity index (χ1n) is 6.60. The van der Waals surface area contributed by atoms with Crippen molar-refractivity contribution in [1.82, 2.24) is 9.78 Å². The van der Waals surface area contributed by atoms with Crippen molar-refractivity contribution in [2.75, 3.05) is 0 Å². The number of Topliss-reactive ketones (excluding diaryl/α,β-unsaturated/α-hetero) is 1. The lowest BCUT2D eigenvalue weighted by Crippen LogP contribution is -2.20. The molecule has 1 aromatic carbocycles. The molecule has 0 saturated heterocycles. The van der Waals surface area contributed by atoms with Crippen molar-refractivity contribution < 1.29 is 4.79 Å². The predicted molar refractivity (Wildman–Crippen MR) is 76.3 cm³/mol. The van der Waals surface area contributed by atoms with E-state index in [1.165, 1.54) is 0 Å². The highest BCUT2D eigenvalue weighted by Gasteiger charge is 2.20. The Morgan fingerprint density at radius 3 is 2.47 bits per heavy atom. The van der Waals surface area contributed by atoms with Gasteiger partial charge >= 0.3 is 0 Å². The number of benzene rings is 1. The predicted octanol–water partition coefficient (Wildman–Crippen LogP) is 3.42. The highest BCUT2D eigenvalue weighted by atomic mass is 16.1. The second-order valence-electron chi connectivity index (χ2n) is 5.76. The molecule has 0 fully saturated rings. The summed E-state index contributed by atoms with van der Waals surface area (Å²) in [5.41, 5.74) is 1.74. The van der Waals surface area contributed by atoms with Crippen molar-refractivity contribution in [2.24, 2.45) is 5.41 Å². The minimum atomic E-state index is -0.262. The third-order valence-electron chi connectivity index (χ3n) is 3.11. The molecule has 1 aromatic heterocycles. The van der Waals surface area contributed by atoms with E-state index in [4.69, 9.17) is 0 Å². The third kappa shape index (κ3) is 3.53. The molecule has 0 N–H and O–H groups in total. The number of nitrogens with zero attached hydrogens (tertiary/aromatic N) is 2. The Hall–Kier alpha value is -1.90. The molecule has 0 unspecified atom stereocenters. The van der Waals surface area contributed by atoms with Gasteiger partial charge in [0.05, 0.1) is 11.4 Å². The molecule has 19 heavy (non-hydrogen) atoms. The summed E-state index contributed by atoms with van der Waals surface area (Å²) in [6, 6.07) is 12.0. The summed E-state index contributed by atoms with van der Waals surface area (Å²) in [4.78, 5) is 11.9. The summed E-state index contributed by atoms with van der Waals surface area (Å²) >= 11 is 0. The largest absolute Gasteiger partial charge is 0.299 e. The van der Waals surface area contributed by atoms with E-state index >= 15 is 0 Å². The van der Waals surface area contributed by atoms with Gasteiger partial charge in [-0.1, -0.05) is 39.0 Å². The minimum absolute atomic E-state index is 0.262. The van der Waals surface area contributed by atoms with Crippen LogP contribution in [0.25, 0.3) is 5.69 Å². The zero-order valence-electron chi connectivity index (χ0n) is 11.8. The maximum atomic E-state index is 11.9. The minimum Gasteiger partial charge on any atom is -0.299 e. The van der Waals surface area contributed by atoms with Crippen LogP contribution < -0.4 is 0 Å². The summed E-state index contributed by atoms with van der Waals surface area (Å²) in [6.45, 7) is 5.87. The topological polar surface area (TPSA) is 34.9 Å². The fourth-order valence-electron chi connectivity index (χ4n) is 1.84. The van der Waals surface area contributed by atoms with Gasteiger partial charge in [0.25, 0.3) is 0 Å². The number of hydrogen-bond donors (Lipinski definition) is 0. The van der Waals surface area contributed by atoms with Crippen LogP contribution in [-0.2, 0) is 11.2 Å². The molecular weight excluding hydrogens is 236 g/mol. The Kier molecular flexibility index (Phi) is 3.84. The average molecular weight is 256 g/mol. The van der Waals surface area contributed by atoms with Crippen LogP contribution in [0.5, 0.6) is 0 Å². The summed E-state index contributed by atoms with van der Waals surface area (Å²) in [5.74, 6) is 0.279. The summed E-state index contributed by atoms with van der Waals surface area (Å²) in [6.07, 6.45) is 3.19. The van der Waals surface area contributed by atoms with Crippen molar-refractivity contribution in [3.05, 3.63) is 48.3 Å². The fourth-order valence-corrected chi connectivity index (χ4v) is 1.84. The zero-order valence-corrected chi connectivity index (χ0v) is 11.8. The number of aryl methyl sites for hydroxylation is 1. The monoisotopic (exact) mass is 256 g/mol. The van der Waals surface area contributed by atoms with Crippen LogP contribution in [0.1, 0.15) is 32.9 Å². The number of rotatable bonds is 4. The second kappa shape index (κ2) is 5.39. The highest BCUT2D eigenvalue weighted by Crippen LogP contribution is 2.18. The van der Waals surface area contributed by atoms with E-state index < -0.39 is 0 Å². The van der Waals surface area contributed by atoms with Gasteiger partial charge in [-0.25, -0.2) is 4.68 Å². The number of carbonyl (C=O) groups is 1. The standard InChI is InChI=1S/C16H20N2O/c1-16(2,3)15(19)10-9-13-11-12-18(17-13)14-7-5-4-6-8-14/h4-8,11-12H,9-10H2,1-3H3. The molecule has 100 valence electrons. The van der Waals surface area contributed by atoms with E-state index in [2.05, 4.69) is 5.10 Å². The van der Waals surface area contributed by atoms with Crippen LogP contribution in [0.4, 0.5) is 0 Å². The number of ketones is 1. The Bertz CT molecular complexity index is 550. The maximum Gasteiger partial charge on any atom is 0.138 e. The molecule has 2 aromatic rings. The Morgan fingerprint density at radius 2 is 1.84 bits per heavy atom. The van der Waals surface area contributed by atoms with Crippen LogP contribution in [0.15, 0.2) is 42.6 Å². The molecule has 2 rings (SSSR count). The van der Waals surface area contributed by atoms with E-state index in [9.17, 15) is 4.79 Å². The third-order valence-corrected chi connectivity index (χ3v) is 3.11. The van der Waals surface area contributed by atoms with Crippen LogP contribution in [0.2, 0.25) is 0 Å². The first kappa shape index (κ1) is 13.5. The summed E-state index contributed by atoms with van der Waals surface area (Å²) in [5, 5.41) is 4.50. The number of para-hydroxylation sites is 1. The maximum absolute atomic E-state index is 11.9. The van der Waals surface area contributed by atoms with Crippen LogP contribution in [0, 0.1) is 5.41 Å². The van der Waals surface area contributed by atoms with Crippen LogP contribution in [-0.4, -0.2) is 15.6 Å². The van der Waals surface area contributed by atoms with E-state index in [-0.39, 0.29) is 11.2 Å². The van der Waals surface area contributed by atoms with Gasteiger partial charge in [0.15, 0.2) is 0 Å². The summed E-state index contributed by atoms with van der Waals surface area (Å²) in [7, 11) is 0. The first-order valence-corrected chi connectivity index (χ1v) is 6.60. The van der Waals surface area contributed by atoms with Gasteiger partial charge in [-0.05, 0) is 24.6 Å². The van der Waals surface area contributed by atoms with Crippen LogP contribution in [0.3, 0.4) is 0 Å². The molecule has 0 bridgehead atoms. The lowest BCUT2D eigenvalue weighted by molar-refractivity contribution is -0.126. The van der Waals surface area contributed by atoms with Crippen molar-refractivity contribution in [1.29, 1.82) is 0 Å². The first-order chi connectivity index (χ1) is 8.97. The van der Waals surface area contributed by atoms with Gasteiger partial charge in [-0.15, -0.1) is 0 Å². The molecule has 3 heteroatoms. The van der Waals surface area contributed by atoms with Gasteiger partial charge in [0.2, 0.25) is 0 Å². The normalized spacial score (nSPS) is 11.5. The van der Waals surface area contributed by atoms with Crippen molar-refractivity contribution >= 4 is 5.78 Å². The number of aromatic nitrogens is 2. The molecule has 0 saturated carbocycles. The molecule has 0 aliphatic carbocycles. The van der Waals surface area contributed by atoms with E-state index in [0.29, 0.717) is 12.8 Å². The second-order valence-corrected chi connectivity index (χ2v) is 5.76. The van der Waals surface area contributed by atoms with Crippen LogP contribution >= 0.6 is 0 Å². The summed E-state index contributed by atoms with van der Waals surface area (Å²) < 4.78 is 1.84.